The normalized spacial score (nSPS) is 14.9. The standard InChI is InChI=1S/C14H17N5OS/c1-21-14-17-11-4-6-19(8-10(11)13(20)18-14)7-9-3-2-5-16-12(9)15/h2-3,5H,4,6-8H2,1H3,(H2,15,16)(H,17,18,20). The molecule has 1 aliphatic rings. The smallest absolute Gasteiger partial charge is 0.256 e. The van der Waals surface area contributed by atoms with Gasteiger partial charge in [0, 0.05) is 37.8 Å². The minimum atomic E-state index is -0.0341. The van der Waals surface area contributed by atoms with Crippen molar-refractivity contribution in [2.75, 3.05) is 18.5 Å². The van der Waals surface area contributed by atoms with Crippen LogP contribution in [0.25, 0.3) is 0 Å². The maximum absolute atomic E-state index is 12.1. The Balaban J connectivity index is 1.82. The fraction of sp³-hybridized carbons (Fsp3) is 0.357. The Morgan fingerprint density at radius 2 is 2.38 bits per heavy atom. The average Bonchev–Trinajstić information content (AvgIpc) is 2.50. The molecule has 0 aromatic carbocycles. The Morgan fingerprint density at radius 1 is 1.52 bits per heavy atom. The zero-order valence-corrected chi connectivity index (χ0v) is 12.6. The quantitative estimate of drug-likeness (QED) is 0.650. The van der Waals surface area contributed by atoms with Gasteiger partial charge in [0.25, 0.3) is 5.56 Å². The summed E-state index contributed by atoms with van der Waals surface area (Å²) in [4.78, 5) is 25.7. The molecule has 7 heteroatoms. The Morgan fingerprint density at radius 3 is 3.14 bits per heavy atom. The van der Waals surface area contributed by atoms with Crippen LogP contribution in [0.3, 0.4) is 0 Å². The fourth-order valence-corrected chi connectivity index (χ4v) is 2.91. The summed E-state index contributed by atoms with van der Waals surface area (Å²) < 4.78 is 0. The zero-order chi connectivity index (χ0) is 14.8. The number of aromatic amines is 1. The minimum absolute atomic E-state index is 0.0341. The maximum Gasteiger partial charge on any atom is 0.256 e. The number of thioether (sulfide) groups is 1. The summed E-state index contributed by atoms with van der Waals surface area (Å²) >= 11 is 1.46. The number of hydrogen-bond acceptors (Lipinski definition) is 6. The molecule has 0 amide bonds. The third kappa shape index (κ3) is 2.93. The van der Waals surface area contributed by atoms with Crippen LogP contribution < -0.4 is 11.3 Å². The van der Waals surface area contributed by atoms with Crippen molar-refractivity contribution in [1.82, 2.24) is 19.9 Å². The molecule has 1 aliphatic heterocycles. The number of H-pyrrole nitrogens is 1. The molecule has 0 atom stereocenters. The van der Waals surface area contributed by atoms with Crippen LogP contribution in [0.5, 0.6) is 0 Å². The molecule has 0 unspecified atom stereocenters. The van der Waals surface area contributed by atoms with Gasteiger partial charge in [-0.25, -0.2) is 9.97 Å². The second kappa shape index (κ2) is 5.87. The van der Waals surface area contributed by atoms with E-state index in [0.29, 0.717) is 24.1 Å². The van der Waals surface area contributed by atoms with Gasteiger partial charge in [0.2, 0.25) is 0 Å². The SMILES string of the molecule is CSc1nc2c(c(=O)[nH]1)CN(Cc1cccnc1N)CC2. The predicted molar refractivity (Wildman–Crippen MR) is 83.1 cm³/mol. The summed E-state index contributed by atoms with van der Waals surface area (Å²) in [5.74, 6) is 0.549. The highest BCUT2D eigenvalue weighted by Gasteiger charge is 2.21. The number of nitrogens with one attached hydrogen (secondary N) is 1. The Kier molecular flexibility index (Phi) is 3.94. The number of nitrogens with zero attached hydrogens (tertiary/aromatic N) is 3. The number of rotatable bonds is 3. The third-order valence-electron chi connectivity index (χ3n) is 3.64. The van der Waals surface area contributed by atoms with Gasteiger partial charge in [-0.1, -0.05) is 17.8 Å². The van der Waals surface area contributed by atoms with Crippen LogP contribution in [0.15, 0.2) is 28.3 Å². The van der Waals surface area contributed by atoms with E-state index in [1.54, 1.807) is 6.20 Å². The topological polar surface area (TPSA) is 87.9 Å². The number of fused-ring (bicyclic) bond motifs is 1. The van der Waals surface area contributed by atoms with Crippen LogP contribution in [0.4, 0.5) is 5.82 Å². The molecular weight excluding hydrogens is 286 g/mol. The monoisotopic (exact) mass is 303 g/mol. The van der Waals surface area contributed by atoms with Crippen molar-refractivity contribution in [2.24, 2.45) is 0 Å². The maximum atomic E-state index is 12.1. The first kappa shape index (κ1) is 14.1. The zero-order valence-electron chi connectivity index (χ0n) is 11.8. The average molecular weight is 303 g/mol. The van der Waals surface area contributed by atoms with Crippen molar-refractivity contribution in [1.29, 1.82) is 0 Å². The second-order valence-electron chi connectivity index (χ2n) is 5.01. The van der Waals surface area contributed by atoms with Gasteiger partial charge in [-0.3, -0.25) is 9.69 Å². The van der Waals surface area contributed by atoms with E-state index < -0.39 is 0 Å². The number of aromatic nitrogens is 3. The van der Waals surface area contributed by atoms with Crippen LogP contribution in [-0.2, 0) is 19.5 Å². The highest BCUT2D eigenvalue weighted by molar-refractivity contribution is 7.98. The molecule has 110 valence electrons. The van der Waals surface area contributed by atoms with E-state index in [2.05, 4.69) is 19.9 Å². The summed E-state index contributed by atoms with van der Waals surface area (Å²) in [6.45, 7) is 2.16. The Labute approximate surface area is 126 Å². The van der Waals surface area contributed by atoms with Gasteiger partial charge in [0.15, 0.2) is 5.16 Å². The van der Waals surface area contributed by atoms with Gasteiger partial charge < -0.3 is 10.7 Å². The number of nitrogens with two attached hydrogens (primary N) is 1. The molecule has 0 saturated heterocycles. The van der Waals surface area contributed by atoms with Gasteiger partial charge >= 0.3 is 0 Å². The number of hydrogen-bond donors (Lipinski definition) is 2. The molecule has 0 radical (unpaired) electrons. The van der Waals surface area contributed by atoms with Crippen LogP contribution in [-0.4, -0.2) is 32.7 Å². The van der Waals surface area contributed by atoms with E-state index in [1.165, 1.54) is 11.8 Å². The minimum Gasteiger partial charge on any atom is -0.383 e. The predicted octanol–water partition coefficient (Wildman–Crippen LogP) is 1.03. The first-order chi connectivity index (χ1) is 10.2. The molecule has 0 spiro atoms. The molecule has 2 aromatic heterocycles. The molecule has 3 N–H and O–H groups in total. The van der Waals surface area contributed by atoms with E-state index in [0.717, 1.165) is 29.8 Å². The van der Waals surface area contributed by atoms with Crippen molar-refractivity contribution in [3.8, 4) is 0 Å². The van der Waals surface area contributed by atoms with Crippen LogP contribution in [0.2, 0.25) is 0 Å². The van der Waals surface area contributed by atoms with Crippen molar-refractivity contribution in [2.45, 2.75) is 24.7 Å². The molecule has 0 bridgehead atoms. The lowest BCUT2D eigenvalue weighted by molar-refractivity contribution is 0.241. The van der Waals surface area contributed by atoms with Gasteiger partial charge in [-0.15, -0.1) is 0 Å². The largest absolute Gasteiger partial charge is 0.383 e. The van der Waals surface area contributed by atoms with Crippen LogP contribution >= 0.6 is 11.8 Å². The molecule has 0 aliphatic carbocycles. The summed E-state index contributed by atoms with van der Waals surface area (Å²) in [7, 11) is 0. The molecule has 21 heavy (non-hydrogen) atoms. The van der Waals surface area contributed by atoms with E-state index in [1.807, 2.05) is 18.4 Å². The number of anilines is 1. The van der Waals surface area contributed by atoms with Gasteiger partial charge in [-0.05, 0) is 12.3 Å². The lowest BCUT2D eigenvalue weighted by Crippen LogP contribution is -2.35. The molecule has 3 rings (SSSR count). The Hall–Kier alpha value is -1.86. The van der Waals surface area contributed by atoms with Gasteiger partial charge in [0.1, 0.15) is 5.82 Å². The van der Waals surface area contributed by atoms with E-state index in [9.17, 15) is 4.79 Å². The van der Waals surface area contributed by atoms with Crippen molar-refractivity contribution in [3.05, 3.63) is 45.5 Å². The summed E-state index contributed by atoms with van der Waals surface area (Å²) in [6, 6.07) is 3.85. The molecule has 0 fully saturated rings. The first-order valence-electron chi connectivity index (χ1n) is 6.75. The lowest BCUT2D eigenvalue weighted by atomic mass is 10.1. The third-order valence-corrected chi connectivity index (χ3v) is 4.22. The molecule has 0 saturated carbocycles. The van der Waals surface area contributed by atoms with E-state index in [-0.39, 0.29) is 5.56 Å². The molecule has 2 aromatic rings. The summed E-state index contributed by atoms with van der Waals surface area (Å²) in [5.41, 5.74) is 8.52. The van der Waals surface area contributed by atoms with Crippen LogP contribution in [0, 0.1) is 0 Å². The molecule has 6 nitrogen and oxygen atoms in total. The van der Waals surface area contributed by atoms with E-state index in [4.69, 9.17) is 5.73 Å². The number of nitrogen functional groups attached to an aromatic ring is 1. The van der Waals surface area contributed by atoms with Crippen molar-refractivity contribution < 1.29 is 0 Å². The lowest BCUT2D eigenvalue weighted by Gasteiger charge is -2.27. The van der Waals surface area contributed by atoms with Crippen molar-refractivity contribution >= 4 is 17.6 Å². The van der Waals surface area contributed by atoms with Gasteiger partial charge in [0.05, 0.1) is 11.3 Å². The summed E-state index contributed by atoms with van der Waals surface area (Å²) in [6.07, 6.45) is 4.38. The highest BCUT2D eigenvalue weighted by Crippen LogP contribution is 2.19. The van der Waals surface area contributed by atoms with E-state index >= 15 is 0 Å². The Bertz CT molecular complexity index is 715. The number of pyridine rings is 1. The first-order valence-corrected chi connectivity index (χ1v) is 7.97. The second-order valence-corrected chi connectivity index (χ2v) is 5.80. The van der Waals surface area contributed by atoms with Crippen molar-refractivity contribution in [3.63, 3.8) is 0 Å². The summed E-state index contributed by atoms with van der Waals surface area (Å²) in [5, 5.41) is 0.684. The molecule has 3 heterocycles. The molecular formula is C14H17N5OS. The van der Waals surface area contributed by atoms with Gasteiger partial charge in [-0.2, -0.15) is 0 Å². The van der Waals surface area contributed by atoms with Crippen LogP contribution in [0.1, 0.15) is 16.8 Å². The fourth-order valence-electron chi connectivity index (χ4n) is 2.52. The highest BCUT2D eigenvalue weighted by atomic mass is 32.2.